The van der Waals surface area contributed by atoms with Gasteiger partial charge in [0.2, 0.25) is 5.60 Å². The number of morpholine rings is 1. The molecule has 3 saturated heterocycles. The number of nitrogens with zero attached hydrogens (tertiary/aromatic N) is 1. The maximum absolute atomic E-state index is 14.0. The zero-order valence-corrected chi connectivity index (χ0v) is 14.7. The summed E-state index contributed by atoms with van der Waals surface area (Å²) in [6.45, 7) is -3.41. The molecule has 3 fully saturated rings. The lowest BCUT2D eigenvalue weighted by molar-refractivity contribution is -0.938. The molecule has 0 amide bonds. The summed E-state index contributed by atoms with van der Waals surface area (Å²) in [6.07, 6.45) is -14.9. The topological polar surface area (TPSA) is 59.1 Å². The van der Waals surface area contributed by atoms with Crippen LogP contribution in [0.4, 0.5) is 0 Å². The number of fused-ring (bicyclic) bond motifs is 5. The molecule has 2 bridgehead atoms. The van der Waals surface area contributed by atoms with Crippen molar-refractivity contribution >= 4 is 28.6 Å². The van der Waals surface area contributed by atoms with Crippen LogP contribution in [0.5, 0.6) is 0 Å². The van der Waals surface area contributed by atoms with Crippen LogP contribution < -0.4 is 0 Å². The average Bonchev–Trinajstić information content (AvgIpc) is 3.56. The average molecular weight is 409 g/mol. The molecule has 4 atom stereocenters. The Labute approximate surface area is 182 Å². The van der Waals surface area contributed by atoms with E-state index in [1.54, 1.807) is 0 Å². The Balaban J connectivity index is 1.75. The number of carbonyl (C=O) groups is 1. The minimum Gasteiger partial charge on any atom is -0.459 e. The zero-order chi connectivity index (χ0) is 32.2. The van der Waals surface area contributed by atoms with Gasteiger partial charge in [-0.2, -0.15) is 0 Å². The fraction of sp³-hybridized carbons (Fsp3) is 0.526. The van der Waals surface area contributed by atoms with Crippen LogP contribution in [0.2, 0.25) is 0 Å². The number of thiophene rings is 2. The van der Waals surface area contributed by atoms with Gasteiger partial charge in [0.25, 0.3) is 0 Å². The van der Waals surface area contributed by atoms with E-state index < -0.39 is 111 Å². The molecule has 2 aromatic heterocycles. The first-order chi connectivity index (χ1) is 18.8. The van der Waals surface area contributed by atoms with Gasteiger partial charge in [0.15, 0.2) is 0 Å². The van der Waals surface area contributed by atoms with Crippen molar-refractivity contribution in [3.8, 4) is 0 Å². The molecule has 0 radical (unpaired) electrons. The molecule has 4 unspecified atom stereocenters. The highest BCUT2D eigenvalue weighted by molar-refractivity contribution is 7.12. The van der Waals surface area contributed by atoms with E-state index in [2.05, 4.69) is 0 Å². The summed E-state index contributed by atoms with van der Waals surface area (Å²) in [6, 6.07) is -9.68. The van der Waals surface area contributed by atoms with Gasteiger partial charge in [-0.15, -0.1) is 22.7 Å². The summed E-state index contributed by atoms with van der Waals surface area (Å²) >= 11 is 0.399. The monoisotopic (exact) mass is 408 g/mol. The molecule has 1 N–H and O–H groups in total. The normalized spacial score (nSPS) is 59.8. The molecule has 5 nitrogen and oxygen atoms in total. The standard InChI is InChI=1S/C19H22NO4S2/c1-20(2)12-9-11(10-13(20)17-16(12)24-17)23-18(21)19(22,14-5-3-7-25-14)15-6-4-8-26-15/h3-8,11-13,16-17,22H,9-10H2,1-2H3/q+1/i1D3,3D,4D,5D,6D,7D,8D,9D2,10D2,11D,12D,13D. The molecular formula is C19H22NO4S2+. The number of ether oxygens (including phenoxy) is 2. The fourth-order valence-electron chi connectivity index (χ4n) is 3.00. The summed E-state index contributed by atoms with van der Waals surface area (Å²) in [5, 5.41) is 10.6. The maximum atomic E-state index is 14.0. The summed E-state index contributed by atoms with van der Waals surface area (Å²) in [4.78, 5) is 12.3. The third kappa shape index (κ3) is 2.28. The van der Waals surface area contributed by atoms with Gasteiger partial charge in [0.1, 0.15) is 30.3 Å². The minimum atomic E-state index is -3.95. The second kappa shape index (κ2) is 5.62. The quantitative estimate of drug-likeness (QED) is 0.479. The van der Waals surface area contributed by atoms with Gasteiger partial charge in [-0.1, -0.05) is 12.1 Å². The molecule has 0 aliphatic carbocycles. The van der Waals surface area contributed by atoms with E-state index in [-0.39, 0.29) is 22.7 Å². The second-order valence-electron chi connectivity index (χ2n) is 6.00. The molecule has 3 aliphatic rings. The van der Waals surface area contributed by atoms with E-state index in [1.165, 1.54) is 0 Å². The van der Waals surface area contributed by atoms with Crippen LogP contribution in [-0.2, 0) is 19.9 Å². The van der Waals surface area contributed by atoms with E-state index in [9.17, 15) is 9.90 Å². The second-order valence-corrected chi connectivity index (χ2v) is 7.63. The number of carbonyl (C=O) groups excluding carboxylic acids is 1. The van der Waals surface area contributed by atoms with Gasteiger partial charge in [-0.05, 0) is 22.8 Å². The number of piperidine rings is 1. The number of aliphatic hydroxyl groups is 1. The van der Waals surface area contributed by atoms with Crippen molar-refractivity contribution in [2.24, 2.45) is 0 Å². The van der Waals surface area contributed by atoms with Crippen molar-refractivity contribution in [2.45, 2.75) is 48.7 Å². The number of likely N-dealkylation sites (N-methyl/N-ethyl adjacent to an activating group) is 1. The summed E-state index contributed by atoms with van der Waals surface area (Å²) in [5.41, 5.74) is -3.45. The maximum Gasteiger partial charge on any atom is 0.349 e. The Morgan fingerprint density at radius 1 is 1.38 bits per heavy atom. The number of esters is 1. The summed E-state index contributed by atoms with van der Waals surface area (Å²) in [5.74, 6) is -2.12. The SMILES string of the molecule is [2H]c1sc(C(O)(C(=O)OC2([2H])C([2H])([2H])C3([2H])C4OC4C([2H])(C2([2H])[2H])[N+]3(C)C([2H])([2H])[2H])c2sc([2H])c([2H])c2[2H])c([2H])c1[2H]. The van der Waals surface area contributed by atoms with Gasteiger partial charge in [-0.25, -0.2) is 4.79 Å². The molecule has 5 heterocycles. The van der Waals surface area contributed by atoms with Gasteiger partial charge in [0.05, 0.1) is 40.2 Å². The highest BCUT2D eigenvalue weighted by atomic mass is 32.1. The Hall–Kier alpha value is -1.25. The summed E-state index contributed by atoms with van der Waals surface area (Å²) < 4.78 is 143. The number of epoxide rings is 1. The Morgan fingerprint density at radius 2 is 1.96 bits per heavy atom. The molecule has 0 spiro atoms. The summed E-state index contributed by atoms with van der Waals surface area (Å²) in [7, 11) is 0.767. The molecule has 3 aliphatic heterocycles. The van der Waals surface area contributed by atoms with Gasteiger partial charge in [-0.3, -0.25) is 0 Å². The van der Waals surface area contributed by atoms with Crippen molar-refractivity contribution in [3.63, 3.8) is 0 Å². The van der Waals surface area contributed by atoms with Gasteiger partial charge in [0, 0.05) is 18.2 Å². The van der Waals surface area contributed by atoms with Crippen molar-refractivity contribution in [1.82, 2.24) is 0 Å². The Kier molecular flexibility index (Phi) is 1.51. The first-order valence-corrected chi connectivity index (χ1v) is 9.04. The van der Waals surface area contributed by atoms with E-state index in [0.717, 1.165) is 7.05 Å². The number of hydrogen-bond acceptors (Lipinski definition) is 6. The molecule has 0 saturated carbocycles. The fourth-order valence-corrected chi connectivity index (χ4v) is 4.34. The molecular weight excluding hydrogens is 370 g/mol. The van der Waals surface area contributed by atoms with Crippen LogP contribution in [0, 0.1) is 0 Å². The third-order valence-corrected chi connectivity index (χ3v) is 6.00. The predicted octanol–water partition coefficient (Wildman–Crippen LogP) is 2.35. The lowest BCUT2D eigenvalue weighted by Gasteiger charge is -2.45. The van der Waals surface area contributed by atoms with Crippen molar-refractivity contribution in [2.75, 3.05) is 14.0 Å². The van der Waals surface area contributed by atoms with Crippen LogP contribution in [0.1, 0.15) is 44.4 Å². The molecule has 0 aromatic carbocycles. The molecule has 138 valence electrons. The molecule has 2 aromatic rings. The lowest BCUT2D eigenvalue weighted by atomic mass is 9.95. The first-order valence-electron chi connectivity index (χ1n) is 15.4. The van der Waals surface area contributed by atoms with Crippen LogP contribution >= 0.6 is 22.7 Å². The first kappa shape index (κ1) is 6.97. The van der Waals surface area contributed by atoms with Crippen LogP contribution in [0.3, 0.4) is 0 Å². The smallest absolute Gasteiger partial charge is 0.349 e. The number of rotatable bonds is 4. The molecule has 5 rings (SSSR count). The van der Waals surface area contributed by atoms with Crippen LogP contribution in [0.15, 0.2) is 34.9 Å². The molecule has 7 heteroatoms. The van der Waals surface area contributed by atoms with E-state index in [4.69, 9.17) is 31.4 Å². The largest absolute Gasteiger partial charge is 0.459 e. The lowest BCUT2D eigenvalue weighted by Crippen LogP contribution is -2.60. The third-order valence-electron chi connectivity index (χ3n) is 4.39. The van der Waals surface area contributed by atoms with Gasteiger partial charge >= 0.3 is 5.97 Å². The van der Waals surface area contributed by atoms with Crippen molar-refractivity contribution in [1.29, 1.82) is 0 Å². The van der Waals surface area contributed by atoms with Gasteiger partial charge < -0.3 is 19.1 Å². The van der Waals surface area contributed by atoms with Crippen LogP contribution in [0.25, 0.3) is 0 Å². The minimum absolute atomic E-state index is 0.200. The van der Waals surface area contributed by atoms with Crippen molar-refractivity contribution in [3.05, 3.63) is 44.6 Å². The van der Waals surface area contributed by atoms with E-state index in [0.29, 0.717) is 0 Å². The zero-order valence-electron chi connectivity index (χ0n) is 29.1. The Morgan fingerprint density at radius 3 is 2.42 bits per heavy atom. The predicted molar refractivity (Wildman–Crippen MR) is 99.1 cm³/mol. The number of quaternary nitrogens is 1. The van der Waals surface area contributed by atoms with E-state index >= 15 is 0 Å². The highest BCUT2D eigenvalue weighted by Crippen LogP contribution is 2.52. The molecule has 26 heavy (non-hydrogen) atoms. The van der Waals surface area contributed by atoms with Crippen molar-refractivity contribution < 1.29 is 45.8 Å². The Bertz CT molecular complexity index is 1450. The number of hydrogen-bond donors (Lipinski definition) is 1. The van der Waals surface area contributed by atoms with E-state index in [1.807, 2.05) is 0 Å². The van der Waals surface area contributed by atoms with Crippen LogP contribution in [-0.4, -0.2) is 59.9 Å². The highest BCUT2D eigenvalue weighted by Gasteiger charge is 2.71.